The number of carbonyl (C=O) groups is 2. The fourth-order valence-electron chi connectivity index (χ4n) is 0.250. The maximum Gasteiger partial charge on any atom is -0.0741 e. The van der Waals surface area contributed by atoms with Crippen LogP contribution in [0.3, 0.4) is 0 Å². The molecular weight excluding hydrogens is 568 g/mol. The van der Waals surface area contributed by atoms with Gasteiger partial charge in [-0.3, -0.25) is 0 Å². The molecule has 0 spiro atoms. The molecule has 0 rings (SSSR count). The molecule has 6 nitrogen and oxygen atoms in total. The second kappa shape index (κ2) is 18.1. The van der Waals surface area contributed by atoms with Gasteiger partial charge in [0.2, 0.25) is 0 Å². The Morgan fingerprint density at radius 2 is 0.957 bits per heavy atom. The molecule has 15 heteroatoms. The molecule has 0 aliphatic carbocycles. The summed E-state index contributed by atoms with van der Waals surface area (Å²) in [6.07, 6.45) is -8.38. The minimum atomic E-state index is -5.08. The van der Waals surface area contributed by atoms with Crippen molar-refractivity contribution in [1.29, 1.82) is 0 Å². The van der Waals surface area contributed by atoms with Crippen molar-refractivity contribution in [3.8, 4) is 0 Å². The fraction of sp³-hybridized carbons (Fsp3) is 0.750. The van der Waals surface area contributed by atoms with Crippen LogP contribution < -0.4 is 0 Å². The van der Waals surface area contributed by atoms with E-state index in [9.17, 15) is 26.3 Å². The molecule has 144 valence electrons. The summed E-state index contributed by atoms with van der Waals surface area (Å²) < 4.78 is 63.5. The monoisotopic (exact) mass is 579 g/mol. The van der Waals surface area contributed by atoms with Gasteiger partial charge in [-0.2, -0.15) is 39.4 Å². The number of unbranched alkanes of at least 4 members (excludes halogenated alkanes) is 1. The summed E-state index contributed by atoms with van der Waals surface area (Å²) in [5.41, 5.74) is 13.2. The van der Waals surface area contributed by atoms with E-state index in [0.717, 1.165) is 12.8 Å². The van der Waals surface area contributed by atoms with Gasteiger partial charge >= 0.3 is 59.6 Å². The number of aliphatic carboxylic acids is 2. The Balaban J connectivity index is -0.000000109. The molecule has 4 N–H and O–H groups in total. The third-order valence-corrected chi connectivity index (χ3v) is 1.09. The van der Waals surface area contributed by atoms with Crippen LogP contribution in [0.1, 0.15) is 12.8 Å². The molecule has 0 aliphatic heterocycles. The SMILES string of the molecule is O=C(O)C(F)(F)F.O=C(O)C(F)(F)F.[Cl][Pt+2][Cl].[NH-]CCCC[NH-]. The van der Waals surface area contributed by atoms with Gasteiger partial charge in [-0.05, 0) is 0 Å². The standard InChI is InChI=1S/C4H10N2.2C2HF3O2.2ClH.Pt/c5-3-1-2-4-6;2*3-2(4,5)1(6)7;;;/h5-6H,1-4H2;2*(H,6,7);2*1H;/q-2;;;;;+4/p-2. The number of hydrogen-bond acceptors (Lipinski definition) is 2. The number of hydrogen-bond donors (Lipinski definition) is 2. The van der Waals surface area contributed by atoms with Crippen molar-refractivity contribution in [2.24, 2.45) is 0 Å². The van der Waals surface area contributed by atoms with Gasteiger partial charge in [-0.15, -0.1) is 0 Å². The van der Waals surface area contributed by atoms with Gasteiger partial charge in [0, 0.05) is 0 Å². The third-order valence-electron chi connectivity index (χ3n) is 1.09. The van der Waals surface area contributed by atoms with E-state index in [2.05, 4.69) is 0 Å². The number of alkyl halides is 6. The van der Waals surface area contributed by atoms with Crippen molar-refractivity contribution in [1.82, 2.24) is 0 Å². The molecular formula is C8H12Cl2F6N2O4Pt. The summed E-state index contributed by atoms with van der Waals surface area (Å²) in [5.74, 6) is -5.51. The summed E-state index contributed by atoms with van der Waals surface area (Å²) in [7, 11) is 9.75. The van der Waals surface area contributed by atoms with E-state index in [4.69, 9.17) is 50.1 Å². The Hall–Kier alpha value is -0.292. The molecule has 23 heavy (non-hydrogen) atoms. The Morgan fingerprint density at radius 1 is 0.826 bits per heavy atom. The number of carboxylic acids is 2. The quantitative estimate of drug-likeness (QED) is 0.377. The molecule has 0 aromatic rings. The van der Waals surface area contributed by atoms with Gasteiger partial charge in [-0.1, -0.05) is 12.8 Å². The van der Waals surface area contributed by atoms with E-state index < -0.39 is 40.8 Å². The number of carboxylic acid groups (broad SMARTS) is 2. The Bertz CT molecular complexity index is 279. The van der Waals surface area contributed by atoms with Crippen molar-refractivity contribution in [2.75, 3.05) is 13.1 Å². The zero-order valence-electron chi connectivity index (χ0n) is 10.9. The first kappa shape index (κ1) is 30.6. The normalized spacial score (nSPS) is 10.2. The number of rotatable bonds is 3. The van der Waals surface area contributed by atoms with E-state index in [1.165, 1.54) is 0 Å². The molecule has 0 amide bonds. The van der Waals surface area contributed by atoms with Crippen molar-refractivity contribution < 1.29 is 62.6 Å². The number of nitrogens with one attached hydrogen (secondary N) is 2. The number of halogens is 8. The molecule has 0 aromatic heterocycles. The van der Waals surface area contributed by atoms with Gasteiger partial charge in [0.25, 0.3) is 0 Å². The van der Waals surface area contributed by atoms with Crippen molar-refractivity contribution in [3.63, 3.8) is 0 Å². The van der Waals surface area contributed by atoms with E-state index in [0.29, 0.717) is 13.1 Å². The molecule has 0 saturated carbocycles. The van der Waals surface area contributed by atoms with Crippen LogP contribution in [0.2, 0.25) is 0 Å². The van der Waals surface area contributed by atoms with Crippen LogP contribution in [0.15, 0.2) is 0 Å². The van der Waals surface area contributed by atoms with E-state index in [-0.39, 0.29) is 0 Å². The molecule has 0 saturated heterocycles. The Morgan fingerprint density at radius 3 is 1.00 bits per heavy atom. The maximum atomic E-state index is 10.6. The Labute approximate surface area is 143 Å². The predicted octanol–water partition coefficient (Wildman–Crippen LogP) is 4.51. The summed E-state index contributed by atoms with van der Waals surface area (Å²) >= 11 is -0.472. The minimum Gasteiger partial charge on any atom is -0.677 e. The second-order valence-electron chi connectivity index (χ2n) is 2.86. The summed E-state index contributed by atoms with van der Waals surface area (Å²) in [5, 5.41) is 14.2. The van der Waals surface area contributed by atoms with E-state index in [1.807, 2.05) is 0 Å². The van der Waals surface area contributed by atoms with Crippen LogP contribution in [-0.4, -0.2) is 47.6 Å². The van der Waals surface area contributed by atoms with Crippen molar-refractivity contribution in [2.45, 2.75) is 25.2 Å². The van der Waals surface area contributed by atoms with Crippen LogP contribution in [-0.2, 0) is 26.1 Å². The molecule has 0 unspecified atom stereocenters. The first-order valence-electron chi connectivity index (χ1n) is 4.94. The fourth-order valence-corrected chi connectivity index (χ4v) is 0.250. The van der Waals surface area contributed by atoms with Gasteiger partial charge in [-0.25, -0.2) is 9.59 Å². The van der Waals surface area contributed by atoms with Crippen LogP contribution >= 0.6 is 18.8 Å². The zero-order chi connectivity index (χ0) is 19.7. The van der Waals surface area contributed by atoms with Gasteiger partial charge in [0.15, 0.2) is 0 Å². The first-order chi connectivity index (χ1) is 10.2. The maximum absolute atomic E-state index is 10.6. The summed E-state index contributed by atoms with van der Waals surface area (Å²) in [6, 6.07) is 0. The molecule has 0 fully saturated rings. The van der Waals surface area contributed by atoms with Gasteiger partial charge in [0.1, 0.15) is 0 Å². The van der Waals surface area contributed by atoms with Crippen molar-refractivity contribution in [3.05, 3.63) is 11.5 Å². The summed E-state index contributed by atoms with van der Waals surface area (Å²) in [6.45, 7) is 0.970. The minimum absolute atomic E-state index is 0.472. The molecule has 0 atom stereocenters. The average Bonchev–Trinajstić information content (AvgIpc) is 2.36. The van der Waals surface area contributed by atoms with Gasteiger partial charge in [0.05, 0.1) is 0 Å². The average molecular weight is 580 g/mol. The topological polar surface area (TPSA) is 122 Å². The van der Waals surface area contributed by atoms with Crippen LogP contribution in [0.25, 0.3) is 11.5 Å². The third kappa shape index (κ3) is 39.0. The predicted molar refractivity (Wildman–Crippen MR) is 66.7 cm³/mol. The smallest absolute Gasteiger partial charge is 0.0741 e. The van der Waals surface area contributed by atoms with Crippen LogP contribution in [0.5, 0.6) is 0 Å². The summed E-state index contributed by atoms with van der Waals surface area (Å²) in [4.78, 5) is 17.8. The largest absolute Gasteiger partial charge is 0.677 e. The van der Waals surface area contributed by atoms with Crippen LogP contribution in [0.4, 0.5) is 26.3 Å². The molecule has 0 heterocycles. The van der Waals surface area contributed by atoms with E-state index in [1.54, 1.807) is 0 Å². The molecule has 0 aromatic carbocycles. The van der Waals surface area contributed by atoms with Gasteiger partial charge < -0.3 is 21.7 Å². The molecule has 0 bridgehead atoms. The zero-order valence-corrected chi connectivity index (χ0v) is 14.7. The molecule has 0 radical (unpaired) electrons. The van der Waals surface area contributed by atoms with Crippen LogP contribution in [0, 0.1) is 0 Å². The van der Waals surface area contributed by atoms with Crippen molar-refractivity contribution >= 4 is 30.8 Å². The van der Waals surface area contributed by atoms with E-state index >= 15 is 0 Å². The Kier molecular flexibility index (Phi) is 24.0. The first-order valence-corrected chi connectivity index (χ1v) is 10.6. The molecule has 0 aliphatic rings. The second-order valence-corrected chi connectivity index (χ2v) is 6.14.